The van der Waals surface area contributed by atoms with Gasteiger partial charge in [0.1, 0.15) is 11.3 Å². The number of carbonyl (C=O) groups is 2. The molecule has 0 saturated carbocycles. The van der Waals surface area contributed by atoms with Gasteiger partial charge in [-0.25, -0.2) is 4.79 Å². The third-order valence-electron chi connectivity index (χ3n) is 7.70. The van der Waals surface area contributed by atoms with Crippen molar-refractivity contribution < 1.29 is 14.3 Å². The molecule has 0 aliphatic carbocycles. The van der Waals surface area contributed by atoms with Gasteiger partial charge < -0.3 is 14.6 Å². The molecule has 2 fully saturated rings. The van der Waals surface area contributed by atoms with E-state index in [-0.39, 0.29) is 17.9 Å². The first-order valence-corrected chi connectivity index (χ1v) is 12.9. The van der Waals surface area contributed by atoms with Crippen LogP contribution in [0, 0.1) is 5.92 Å². The molecular formula is C29H36N4O3. The summed E-state index contributed by atoms with van der Waals surface area (Å²) in [5.41, 5.74) is 2.81. The van der Waals surface area contributed by atoms with Crippen LogP contribution in [0.3, 0.4) is 0 Å². The van der Waals surface area contributed by atoms with Crippen molar-refractivity contribution in [2.75, 3.05) is 33.3 Å². The summed E-state index contributed by atoms with van der Waals surface area (Å²) in [7, 11) is 1.65. The molecule has 3 aromatic rings. The Hall–Kier alpha value is -3.32. The summed E-state index contributed by atoms with van der Waals surface area (Å²) in [6.07, 6.45) is 4.12. The Balaban J connectivity index is 1.32. The molecule has 7 heteroatoms. The minimum absolute atomic E-state index is 0.0114. The number of nitrogens with one attached hydrogen (secondary N) is 1. The molecule has 5 rings (SSSR count). The number of para-hydroxylation sites is 1. The van der Waals surface area contributed by atoms with E-state index in [2.05, 4.69) is 48.1 Å². The quantitative estimate of drug-likeness (QED) is 0.468. The monoisotopic (exact) mass is 488 g/mol. The van der Waals surface area contributed by atoms with Crippen LogP contribution in [0.1, 0.15) is 37.8 Å². The van der Waals surface area contributed by atoms with E-state index in [1.54, 1.807) is 7.11 Å². The number of rotatable bonds is 8. The molecule has 3 heterocycles. The number of piperidine rings is 1. The lowest BCUT2D eigenvalue weighted by molar-refractivity contribution is -0.136. The first kappa shape index (κ1) is 24.4. The number of imide groups is 1. The highest BCUT2D eigenvalue weighted by molar-refractivity contribution is 6.07. The molecule has 7 nitrogen and oxygen atoms in total. The summed E-state index contributed by atoms with van der Waals surface area (Å²) < 4.78 is 5.27. The molecule has 2 saturated heterocycles. The fourth-order valence-electron chi connectivity index (χ4n) is 5.72. The predicted molar refractivity (Wildman–Crippen MR) is 141 cm³/mol. The zero-order chi connectivity index (χ0) is 25.3. The van der Waals surface area contributed by atoms with Gasteiger partial charge in [0.25, 0.3) is 5.91 Å². The van der Waals surface area contributed by atoms with Crippen molar-refractivity contribution in [1.29, 1.82) is 0 Å². The Kier molecular flexibility index (Phi) is 6.75. The average Bonchev–Trinajstić information content (AvgIpc) is 3.37. The average molecular weight is 489 g/mol. The van der Waals surface area contributed by atoms with Crippen LogP contribution in [0.15, 0.2) is 54.7 Å². The Morgan fingerprint density at radius 2 is 1.75 bits per heavy atom. The molecule has 2 aliphatic rings. The normalized spacial score (nSPS) is 18.2. The number of hydrogen-bond acceptors (Lipinski definition) is 4. The number of carbonyl (C=O) groups excluding carboxylic acids is 2. The van der Waals surface area contributed by atoms with Gasteiger partial charge in [0.2, 0.25) is 0 Å². The fraction of sp³-hybridized carbons (Fsp3) is 0.448. The Labute approximate surface area is 213 Å². The topological polar surface area (TPSA) is 68.9 Å². The molecule has 0 atom stereocenters. The van der Waals surface area contributed by atoms with Gasteiger partial charge in [-0.1, -0.05) is 44.2 Å². The van der Waals surface area contributed by atoms with Gasteiger partial charge in [0, 0.05) is 49.8 Å². The number of benzene rings is 2. The summed E-state index contributed by atoms with van der Waals surface area (Å²) in [5.74, 6) is 1.04. The lowest BCUT2D eigenvalue weighted by Gasteiger charge is -2.42. The van der Waals surface area contributed by atoms with E-state index < -0.39 is 5.54 Å². The molecule has 2 aromatic carbocycles. The molecule has 36 heavy (non-hydrogen) atoms. The number of likely N-dealkylation sites (tertiary alicyclic amines) is 1. The molecule has 0 bridgehead atoms. The number of urea groups is 1. The standard InChI is InChI=1S/C29H36N4O3/c1-21(2)19-32-27(34)29(33(28(32)35)15-12-22-8-10-24(36-3)11-9-22)13-16-31(17-14-29)20-23-18-30-26-7-5-4-6-25(23)26/h4-11,18,21,30H,12-17,19-20H2,1-3H3. The second-order valence-electron chi connectivity index (χ2n) is 10.5. The van der Waals surface area contributed by atoms with Gasteiger partial charge in [-0.05, 0) is 54.5 Å². The van der Waals surface area contributed by atoms with Gasteiger partial charge in [0.05, 0.1) is 7.11 Å². The SMILES string of the molecule is COc1ccc(CCN2C(=O)N(CC(C)C)C(=O)C23CCN(Cc2c[nH]c4ccccc24)CC3)cc1. The number of H-pyrrole nitrogens is 1. The number of aromatic amines is 1. The molecule has 190 valence electrons. The molecule has 0 unspecified atom stereocenters. The van der Waals surface area contributed by atoms with Crippen molar-refractivity contribution in [3.63, 3.8) is 0 Å². The van der Waals surface area contributed by atoms with Crippen molar-refractivity contribution >= 4 is 22.8 Å². The lowest BCUT2D eigenvalue weighted by Crippen LogP contribution is -2.56. The second-order valence-corrected chi connectivity index (χ2v) is 10.5. The lowest BCUT2D eigenvalue weighted by atomic mass is 9.85. The Morgan fingerprint density at radius 3 is 2.44 bits per heavy atom. The van der Waals surface area contributed by atoms with Gasteiger partial charge in [-0.3, -0.25) is 14.6 Å². The first-order chi connectivity index (χ1) is 17.4. The minimum Gasteiger partial charge on any atom is -0.497 e. The summed E-state index contributed by atoms with van der Waals surface area (Å²) in [6.45, 7) is 7.52. The van der Waals surface area contributed by atoms with Crippen LogP contribution >= 0.6 is 0 Å². The summed E-state index contributed by atoms with van der Waals surface area (Å²) in [4.78, 5) is 36.4. The summed E-state index contributed by atoms with van der Waals surface area (Å²) in [6, 6.07) is 16.2. The third-order valence-corrected chi connectivity index (χ3v) is 7.70. The molecule has 1 spiro atoms. The number of ether oxygens (including phenoxy) is 1. The molecular weight excluding hydrogens is 452 g/mol. The van der Waals surface area contributed by atoms with Crippen LogP contribution in [0.5, 0.6) is 5.75 Å². The number of aromatic nitrogens is 1. The minimum atomic E-state index is -0.741. The van der Waals surface area contributed by atoms with E-state index in [1.165, 1.54) is 15.8 Å². The van der Waals surface area contributed by atoms with E-state index in [1.807, 2.05) is 35.2 Å². The number of fused-ring (bicyclic) bond motifs is 1. The molecule has 1 aromatic heterocycles. The van der Waals surface area contributed by atoms with Crippen LogP contribution in [-0.4, -0.2) is 70.4 Å². The number of nitrogens with zero attached hydrogens (tertiary/aromatic N) is 3. The van der Waals surface area contributed by atoms with Crippen LogP contribution in [0.25, 0.3) is 10.9 Å². The molecule has 0 radical (unpaired) electrons. The zero-order valence-electron chi connectivity index (χ0n) is 21.5. The van der Waals surface area contributed by atoms with E-state index in [9.17, 15) is 9.59 Å². The summed E-state index contributed by atoms with van der Waals surface area (Å²) in [5, 5.41) is 1.24. The zero-order valence-corrected chi connectivity index (χ0v) is 21.5. The highest BCUT2D eigenvalue weighted by Gasteiger charge is 2.57. The van der Waals surface area contributed by atoms with Gasteiger partial charge >= 0.3 is 6.03 Å². The van der Waals surface area contributed by atoms with E-state index in [0.29, 0.717) is 32.4 Å². The smallest absolute Gasteiger partial charge is 0.327 e. The van der Waals surface area contributed by atoms with Crippen LogP contribution in [0.2, 0.25) is 0 Å². The van der Waals surface area contributed by atoms with Crippen molar-refractivity contribution in [3.8, 4) is 5.75 Å². The third kappa shape index (κ3) is 4.48. The van der Waals surface area contributed by atoms with Crippen LogP contribution < -0.4 is 4.74 Å². The fourth-order valence-corrected chi connectivity index (χ4v) is 5.72. The highest BCUT2D eigenvalue weighted by atomic mass is 16.5. The molecule has 2 aliphatic heterocycles. The first-order valence-electron chi connectivity index (χ1n) is 12.9. The summed E-state index contributed by atoms with van der Waals surface area (Å²) >= 11 is 0. The Morgan fingerprint density at radius 1 is 1.03 bits per heavy atom. The van der Waals surface area contributed by atoms with E-state index in [4.69, 9.17) is 4.74 Å². The highest BCUT2D eigenvalue weighted by Crippen LogP contribution is 2.38. The number of amides is 3. The Bertz CT molecular complexity index is 1220. The number of methoxy groups -OCH3 is 1. The predicted octanol–water partition coefficient (Wildman–Crippen LogP) is 4.67. The molecule has 3 amide bonds. The maximum atomic E-state index is 13.8. The van der Waals surface area contributed by atoms with Crippen LogP contribution in [0.4, 0.5) is 4.79 Å². The van der Waals surface area contributed by atoms with E-state index in [0.717, 1.165) is 36.5 Å². The van der Waals surface area contributed by atoms with Crippen molar-refractivity contribution in [3.05, 3.63) is 65.9 Å². The van der Waals surface area contributed by atoms with E-state index >= 15 is 0 Å². The van der Waals surface area contributed by atoms with Gasteiger partial charge in [-0.2, -0.15) is 0 Å². The second kappa shape index (κ2) is 9.97. The maximum absolute atomic E-state index is 13.8. The van der Waals surface area contributed by atoms with Gasteiger partial charge in [0.15, 0.2) is 0 Å². The van der Waals surface area contributed by atoms with Crippen molar-refractivity contribution in [2.24, 2.45) is 5.92 Å². The van der Waals surface area contributed by atoms with Crippen LogP contribution in [-0.2, 0) is 17.8 Å². The van der Waals surface area contributed by atoms with Crippen molar-refractivity contribution in [2.45, 2.75) is 45.2 Å². The largest absolute Gasteiger partial charge is 0.497 e. The number of hydrogen-bond donors (Lipinski definition) is 1. The molecule has 1 N–H and O–H groups in total. The maximum Gasteiger partial charge on any atom is 0.327 e. The van der Waals surface area contributed by atoms with Crippen molar-refractivity contribution in [1.82, 2.24) is 19.7 Å². The van der Waals surface area contributed by atoms with Gasteiger partial charge in [-0.15, -0.1) is 0 Å².